The van der Waals surface area contributed by atoms with Gasteiger partial charge >= 0.3 is 0 Å². The van der Waals surface area contributed by atoms with Gasteiger partial charge in [-0.15, -0.1) is 0 Å². The van der Waals surface area contributed by atoms with Crippen LogP contribution in [0.4, 0.5) is 0 Å². The molecular formula is C16H25N3. The molecule has 0 aliphatic heterocycles. The number of azide groups is 1. The fraction of sp³-hybridized carbons (Fsp3) is 1.00. The van der Waals surface area contributed by atoms with Gasteiger partial charge in [-0.2, -0.15) is 0 Å². The smallest absolute Gasteiger partial charge is 0.0491 e. The lowest BCUT2D eigenvalue weighted by Gasteiger charge is -2.68. The Kier molecular flexibility index (Phi) is 2.35. The zero-order chi connectivity index (χ0) is 13.3. The molecule has 0 aromatic heterocycles. The molecule has 3 nitrogen and oxygen atoms in total. The minimum atomic E-state index is -0.0509. The molecule has 5 rings (SSSR count). The van der Waals surface area contributed by atoms with Crippen LogP contribution in [-0.2, 0) is 0 Å². The molecule has 0 radical (unpaired) electrons. The summed E-state index contributed by atoms with van der Waals surface area (Å²) in [5.41, 5.74) is 9.50. The summed E-state index contributed by atoms with van der Waals surface area (Å²) in [6, 6.07) is 0. The van der Waals surface area contributed by atoms with Crippen molar-refractivity contribution in [2.75, 3.05) is 0 Å². The molecule has 3 heteroatoms. The van der Waals surface area contributed by atoms with E-state index < -0.39 is 0 Å². The Balaban J connectivity index is 1.76. The van der Waals surface area contributed by atoms with Crippen LogP contribution in [-0.4, -0.2) is 5.54 Å². The van der Waals surface area contributed by atoms with E-state index in [4.69, 9.17) is 5.53 Å². The standard InChI is InChI=1S/C16H25N3/c1-3-16(18-19-17)8-13-11-4-10-5-12(13)14(9-16)15(2,6-10)7-11/h10-14H,3-9H2,1-2H3. The third kappa shape index (κ3) is 1.48. The van der Waals surface area contributed by atoms with Gasteiger partial charge in [0.2, 0.25) is 0 Å². The number of hydrogen-bond acceptors (Lipinski definition) is 1. The fourth-order valence-corrected chi connectivity index (χ4v) is 6.82. The monoisotopic (exact) mass is 259 g/mol. The van der Waals surface area contributed by atoms with Crippen molar-refractivity contribution in [1.82, 2.24) is 0 Å². The predicted octanol–water partition coefficient (Wildman–Crippen LogP) is 4.93. The summed E-state index contributed by atoms with van der Waals surface area (Å²) in [5, 5.41) is 4.31. The lowest BCUT2D eigenvalue weighted by molar-refractivity contribution is -0.174. The normalized spacial score (nSPS) is 57.9. The largest absolute Gasteiger partial charge is 0.0873 e. The van der Waals surface area contributed by atoms with Crippen molar-refractivity contribution in [3.8, 4) is 0 Å². The maximum absolute atomic E-state index is 8.98. The number of hydrogen-bond donors (Lipinski definition) is 0. The van der Waals surface area contributed by atoms with Crippen LogP contribution >= 0.6 is 0 Å². The zero-order valence-corrected chi connectivity index (χ0v) is 12.2. The molecule has 7 atom stereocenters. The highest BCUT2D eigenvalue weighted by Crippen LogP contribution is 2.70. The Morgan fingerprint density at radius 3 is 2.74 bits per heavy atom. The Hall–Kier alpha value is -0.690. The molecule has 0 heterocycles. The van der Waals surface area contributed by atoms with Crippen LogP contribution in [0.25, 0.3) is 10.4 Å². The minimum Gasteiger partial charge on any atom is -0.0873 e. The van der Waals surface area contributed by atoms with Crippen LogP contribution in [0.3, 0.4) is 0 Å². The van der Waals surface area contributed by atoms with E-state index in [9.17, 15) is 0 Å². The lowest BCUT2D eigenvalue weighted by atomic mass is 9.38. The Morgan fingerprint density at radius 1 is 1.16 bits per heavy atom. The molecule has 0 aromatic carbocycles. The van der Waals surface area contributed by atoms with Gasteiger partial charge < -0.3 is 0 Å². The number of rotatable bonds is 2. The molecule has 7 unspecified atom stereocenters. The summed E-state index contributed by atoms with van der Waals surface area (Å²) < 4.78 is 0. The van der Waals surface area contributed by atoms with Gasteiger partial charge in [-0.05, 0) is 85.5 Å². The highest BCUT2D eigenvalue weighted by molar-refractivity contribution is 5.14. The Bertz CT molecular complexity index is 455. The van der Waals surface area contributed by atoms with E-state index in [1.54, 1.807) is 0 Å². The van der Waals surface area contributed by atoms with Crippen molar-refractivity contribution in [1.29, 1.82) is 0 Å². The van der Waals surface area contributed by atoms with Crippen LogP contribution in [0.2, 0.25) is 0 Å². The van der Waals surface area contributed by atoms with E-state index in [-0.39, 0.29) is 5.54 Å². The highest BCUT2D eigenvalue weighted by Gasteiger charge is 2.62. The van der Waals surface area contributed by atoms with Crippen molar-refractivity contribution in [3.05, 3.63) is 10.4 Å². The van der Waals surface area contributed by atoms with Gasteiger partial charge in [-0.3, -0.25) is 0 Å². The first-order valence-corrected chi connectivity index (χ1v) is 8.15. The molecule has 0 saturated heterocycles. The Morgan fingerprint density at radius 2 is 2.00 bits per heavy atom. The van der Waals surface area contributed by atoms with Crippen molar-refractivity contribution in [2.45, 2.75) is 64.3 Å². The molecule has 19 heavy (non-hydrogen) atoms. The van der Waals surface area contributed by atoms with Gasteiger partial charge in [0.15, 0.2) is 0 Å². The molecule has 5 aliphatic carbocycles. The van der Waals surface area contributed by atoms with E-state index in [0.29, 0.717) is 5.41 Å². The van der Waals surface area contributed by atoms with Crippen LogP contribution in [0.15, 0.2) is 5.11 Å². The van der Waals surface area contributed by atoms with Crippen molar-refractivity contribution in [3.63, 3.8) is 0 Å². The maximum atomic E-state index is 8.98. The van der Waals surface area contributed by atoms with Gasteiger partial charge in [0, 0.05) is 10.5 Å². The maximum Gasteiger partial charge on any atom is 0.0491 e. The van der Waals surface area contributed by atoms with Crippen molar-refractivity contribution < 1.29 is 0 Å². The van der Waals surface area contributed by atoms with Crippen LogP contribution in [0, 0.1) is 35.0 Å². The van der Waals surface area contributed by atoms with Gasteiger partial charge in [0.05, 0.1) is 0 Å². The summed E-state index contributed by atoms with van der Waals surface area (Å²) in [4.78, 5) is 3.21. The molecular weight excluding hydrogens is 234 g/mol. The molecule has 5 saturated carbocycles. The zero-order valence-electron chi connectivity index (χ0n) is 12.2. The summed E-state index contributed by atoms with van der Waals surface area (Å²) >= 11 is 0. The molecule has 6 bridgehead atoms. The van der Waals surface area contributed by atoms with Gasteiger partial charge in [-0.1, -0.05) is 19.0 Å². The van der Waals surface area contributed by atoms with Gasteiger partial charge in [-0.25, -0.2) is 0 Å². The third-order valence-electron chi connectivity index (χ3n) is 7.42. The van der Waals surface area contributed by atoms with Crippen LogP contribution in [0.5, 0.6) is 0 Å². The lowest BCUT2D eigenvalue weighted by Crippen LogP contribution is -2.61. The first kappa shape index (κ1) is 12.1. The van der Waals surface area contributed by atoms with E-state index >= 15 is 0 Å². The second-order valence-corrected chi connectivity index (χ2v) is 8.27. The Labute approximate surface area is 115 Å². The SMILES string of the molecule is CCC1(N=[N+]=[N-])CC2C3CC4CC2C(C1)C(C)(C4)C3. The minimum absolute atomic E-state index is 0.0509. The average Bonchev–Trinajstić information content (AvgIpc) is 2.37. The van der Waals surface area contributed by atoms with E-state index in [2.05, 4.69) is 23.9 Å². The average molecular weight is 259 g/mol. The third-order valence-corrected chi connectivity index (χ3v) is 7.42. The van der Waals surface area contributed by atoms with Gasteiger partial charge in [0.25, 0.3) is 0 Å². The summed E-state index contributed by atoms with van der Waals surface area (Å²) in [7, 11) is 0. The molecule has 104 valence electrons. The summed E-state index contributed by atoms with van der Waals surface area (Å²) in [6.07, 6.45) is 9.26. The molecule has 5 fully saturated rings. The van der Waals surface area contributed by atoms with Crippen LogP contribution in [0.1, 0.15) is 58.8 Å². The second kappa shape index (κ2) is 3.69. The van der Waals surface area contributed by atoms with Crippen LogP contribution < -0.4 is 0 Å². The highest BCUT2D eigenvalue weighted by atomic mass is 15.2. The van der Waals surface area contributed by atoms with E-state index in [1.165, 1.54) is 38.5 Å². The first-order valence-electron chi connectivity index (χ1n) is 8.15. The molecule has 0 N–H and O–H groups in total. The number of nitrogens with zero attached hydrogens (tertiary/aromatic N) is 3. The quantitative estimate of drug-likeness (QED) is 0.383. The molecule has 0 amide bonds. The summed E-state index contributed by atoms with van der Waals surface area (Å²) in [5.74, 6) is 4.64. The van der Waals surface area contributed by atoms with E-state index in [0.717, 1.165) is 36.0 Å². The topological polar surface area (TPSA) is 48.8 Å². The molecule has 0 aromatic rings. The van der Waals surface area contributed by atoms with Gasteiger partial charge in [0.1, 0.15) is 0 Å². The molecule has 5 aliphatic rings. The molecule has 0 spiro atoms. The predicted molar refractivity (Wildman–Crippen MR) is 75.4 cm³/mol. The fourth-order valence-electron chi connectivity index (χ4n) is 6.82. The second-order valence-electron chi connectivity index (χ2n) is 8.27. The first-order chi connectivity index (χ1) is 9.09. The van der Waals surface area contributed by atoms with Crippen molar-refractivity contribution >= 4 is 0 Å². The van der Waals surface area contributed by atoms with Crippen molar-refractivity contribution in [2.24, 2.45) is 40.1 Å². The summed E-state index contributed by atoms with van der Waals surface area (Å²) in [6.45, 7) is 4.76. The van der Waals surface area contributed by atoms with E-state index in [1.807, 2.05) is 0 Å².